The minimum atomic E-state index is 0.714. The van der Waals surface area contributed by atoms with E-state index >= 15 is 0 Å². The molecule has 1 saturated carbocycles. The molecule has 1 heterocycles. The average Bonchev–Trinajstić information content (AvgIpc) is 3.25. The molecule has 18 heavy (non-hydrogen) atoms. The Balaban J connectivity index is 1.67. The van der Waals surface area contributed by atoms with E-state index in [0.717, 1.165) is 19.0 Å². The van der Waals surface area contributed by atoms with Crippen molar-refractivity contribution in [2.75, 3.05) is 20.1 Å². The summed E-state index contributed by atoms with van der Waals surface area (Å²) in [6.45, 7) is 3.46. The highest BCUT2D eigenvalue weighted by molar-refractivity contribution is 5.33. The molecule has 2 aliphatic rings. The van der Waals surface area contributed by atoms with Crippen LogP contribution in [-0.4, -0.2) is 31.1 Å². The van der Waals surface area contributed by atoms with Crippen LogP contribution in [0.5, 0.6) is 0 Å². The van der Waals surface area contributed by atoms with Gasteiger partial charge in [-0.25, -0.2) is 0 Å². The smallest absolute Gasteiger partial charge is 0.0237 e. The number of rotatable bonds is 4. The van der Waals surface area contributed by atoms with Crippen LogP contribution in [0.25, 0.3) is 0 Å². The van der Waals surface area contributed by atoms with Gasteiger partial charge in [-0.2, -0.15) is 0 Å². The van der Waals surface area contributed by atoms with Gasteiger partial charge in [-0.1, -0.05) is 24.3 Å². The Bertz CT molecular complexity index is 392. The van der Waals surface area contributed by atoms with Gasteiger partial charge in [-0.3, -0.25) is 4.90 Å². The van der Waals surface area contributed by atoms with Gasteiger partial charge in [0.25, 0.3) is 0 Å². The summed E-state index contributed by atoms with van der Waals surface area (Å²) in [5, 5.41) is 3.51. The van der Waals surface area contributed by atoms with Crippen LogP contribution in [0.3, 0.4) is 0 Å². The van der Waals surface area contributed by atoms with Crippen molar-refractivity contribution in [2.24, 2.45) is 0 Å². The standard InChI is InChI=1S/C16H24N2/c1-18(15-6-4-10-17-11-15)12-14-5-2-3-7-16(14)13-8-9-13/h2-3,5,7,13,15,17H,4,6,8-12H2,1H3. The number of piperidine rings is 1. The van der Waals surface area contributed by atoms with Gasteiger partial charge in [-0.15, -0.1) is 0 Å². The molecule has 1 N–H and O–H groups in total. The largest absolute Gasteiger partial charge is 0.315 e. The van der Waals surface area contributed by atoms with Gasteiger partial charge < -0.3 is 5.32 Å². The molecule has 98 valence electrons. The van der Waals surface area contributed by atoms with Gasteiger partial charge in [0.15, 0.2) is 0 Å². The van der Waals surface area contributed by atoms with Crippen molar-refractivity contribution in [3.63, 3.8) is 0 Å². The highest BCUT2D eigenvalue weighted by Crippen LogP contribution is 2.41. The molecule has 1 aromatic rings. The minimum absolute atomic E-state index is 0.714. The summed E-state index contributed by atoms with van der Waals surface area (Å²) in [7, 11) is 2.28. The van der Waals surface area contributed by atoms with Crippen molar-refractivity contribution in [3.8, 4) is 0 Å². The third-order valence-corrected chi connectivity index (χ3v) is 4.39. The van der Waals surface area contributed by atoms with Crippen molar-refractivity contribution < 1.29 is 0 Å². The third-order valence-electron chi connectivity index (χ3n) is 4.39. The minimum Gasteiger partial charge on any atom is -0.315 e. The lowest BCUT2D eigenvalue weighted by Crippen LogP contribution is -2.43. The summed E-state index contributed by atoms with van der Waals surface area (Å²) >= 11 is 0. The van der Waals surface area contributed by atoms with Crippen LogP contribution < -0.4 is 5.32 Å². The molecule has 1 unspecified atom stereocenters. The molecule has 2 fully saturated rings. The van der Waals surface area contributed by atoms with Gasteiger partial charge in [-0.05, 0) is 56.3 Å². The molecular formula is C16H24N2. The second-order valence-electron chi connectivity index (χ2n) is 5.89. The predicted molar refractivity (Wildman–Crippen MR) is 75.8 cm³/mol. The van der Waals surface area contributed by atoms with Crippen molar-refractivity contribution in [1.29, 1.82) is 0 Å². The fourth-order valence-electron chi connectivity index (χ4n) is 3.08. The zero-order chi connectivity index (χ0) is 12.4. The molecule has 0 aromatic heterocycles. The number of hydrogen-bond donors (Lipinski definition) is 1. The Hall–Kier alpha value is -0.860. The Morgan fingerprint density at radius 3 is 2.78 bits per heavy atom. The molecule has 1 aliphatic heterocycles. The predicted octanol–water partition coefficient (Wildman–Crippen LogP) is 2.75. The molecule has 2 nitrogen and oxygen atoms in total. The SMILES string of the molecule is CN(Cc1ccccc1C1CC1)C1CCCNC1. The Morgan fingerprint density at radius 1 is 1.22 bits per heavy atom. The summed E-state index contributed by atoms with van der Waals surface area (Å²) < 4.78 is 0. The maximum atomic E-state index is 3.51. The highest BCUT2D eigenvalue weighted by Gasteiger charge is 2.26. The van der Waals surface area contributed by atoms with E-state index in [9.17, 15) is 0 Å². The first-order valence-electron chi connectivity index (χ1n) is 7.33. The Morgan fingerprint density at radius 2 is 2.06 bits per heavy atom. The lowest BCUT2D eigenvalue weighted by Gasteiger charge is -2.32. The highest BCUT2D eigenvalue weighted by atomic mass is 15.2. The van der Waals surface area contributed by atoms with Crippen LogP contribution in [-0.2, 0) is 6.54 Å². The van der Waals surface area contributed by atoms with E-state index in [1.54, 1.807) is 11.1 Å². The molecule has 0 radical (unpaired) electrons. The molecule has 0 amide bonds. The molecule has 2 heteroatoms. The van der Waals surface area contributed by atoms with E-state index in [1.165, 1.54) is 32.2 Å². The van der Waals surface area contributed by atoms with Crippen LogP contribution in [0.4, 0.5) is 0 Å². The Labute approximate surface area is 110 Å². The zero-order valence-corrected chi connectivity index (χ0v) is 11.4. The summed E-state index contributed by atoms with van der Waals surface area (Å²) in [5.74, 6) is 0.860. The second kappa shape index (κ2) is 5.41. The second-order valence-corrected chi connectivity index (χ2v) is 5.89. The molecule has 0 spiro atoms. The lowest BCUT2D eigenvalue weighted by molar-refractivity contribution is 0.195. The molecule has 1 aliphatic carbocycles. The fraction of sp³-hybridized carbons (Fsp3) is 0.625. The first kappa shape index (κ1) is 12.2. The van der Waals surface area contributed by atoms with Crippen LogP contribution in [0.2, 0.25) is 0 Å². The van der Waals surface area contributed by atoms with Crippen molar-refractivity contribution in [3.05, 3.63) is 35.4 Å². The van der Waals surface area contributed by atoms with E-state index in [0.29, 0.717) is 6.04 Å². The maximum absolute atomic E-state index is 3.51. The van der Waals surface area contributed by atoms with Gasteiger partial charge in [0.2, 0.25) is 0 Å². The summed E-state index contributed by atoms with van der Waals surface area (Å²) in [6, 6.07) is 9.75. The number of nitrogens with zero attached hydrogens (tertiary/aromatic N) is 1. The van der Waals surface area contributed by atoms with Gasteiger partial charge in [0.1, 0.15) is 0 Å². The van der Waals surface area contributed by atoms with Crippen LogP contribution in [0, 0.1) is 0 Å². The van der Waals surface area contributed by atoms with Crippen molar-refractivity contribution >= 4 is 0 Å². The van der Waals surface area contributed by atoms with E-state index in [2.05, 4.69) is 41.5 Å². The normalized spacial score (nSPS) is 24.4. The average molecular weight is 244 g/mol. The first-order chi connectivity index (χ1) is 8.84. The van der Waals surface area contributed by atoms with Crippen molar-refractivity contribution in [2.45, 2.75) is 44.2 Å². The molecule has 0 bridgehead atoms. The van der Waals surface area contributed by atoms with Crippen LogP contribution >= 0.6 is 0 Å². The number of likely N-dealkylation sites (N-methyl/N-ethyl adjacent to an activating group) is 1. The van der Waals surface area contributed by atoms with Crippen LogP contribution in [0.15, 0.2) is 24.3 Å². The lowest BCUT2D eigenvalue weighted by atomic mass is 10.0. The number of nitrogens with one attached hydrogen (secondary N) is 1. The van der Waals surface area contributed by atoms with E-state index in [1.807, 2.05) is 0 Å². The summed E-state index contributed by atoms with van der Waals surface area (Å²) in [4.78, 5) is 2.54. The number of benzene rings is 1. The molecule has 3 rings (SSSR count). The van der Waals surface area contributed by atoms with E-state index < -0.39 is 0 Å². The molecule has 1 saturated heterocycles. The maximum Gasteiger partial charge on any atom is 0.0237 e. The quantitative estimate of drug-likeness (QED) is 0.876. The summed E-state index contributed by atoms with van der Waals surface area (Å²) in [6.07, 6.45) is 5.45. The van der Waals surface area contributed by atoms with Gasteiger partial charge in [0.05, 0.1) is 0 Å². The van der Waals surface area contributed by atoms with Crippen LogP contribution in [0.1, 0.15) is 42.7 Å². The molecular weight excluding hydrogens is 220 g/mol. The van der Waals surface area contributed by atoms with Gasteiger partial charge in [0, 0.05) is 19.1 Å². The molecule has 1 aromatic carbocycles. The number of hydrogen-bond acceptors (Lipinski definition) is 2. The topological polar surface area (TPSA) is 15.3 Å². The van der Waals surface area contributed by atoms with Gasteiger partial charge >= 0.3 is 0 Å². The monoisotopic (exact) mass is 244 g/mol. The summed E-state index contributed by atoms with van der Waals surface area (Å²) in [5.41, 5.74) is 3.15. The fourth-order valence-corrected chi connectivity index (χ4v) is 3.08. The van der Waals surface area contributed by atoms with E-state index in [-0.39, 0.29) is 0 Å². The molecule has 1 atom stereocenters. The first-order valence-corrected chi connectivity index (χ1v) is 7.33. The Kier molecular flexibility index (Phi) is 3.67. The van der Waals surface area contributed by atoms with E-state index in [4.69, 9.17) is 0 Å². The van der Waals surface area contributed by atoms with Crippen molar-refractivity contribution in [1.82, 2.24) is 10.2 Å². The third kappa shape index (κ3) is 2.76. The zero-order valence-electron chi connectivity index (χ0n) is 11.4.